The third kappa shape index (κ3) is 6.21. The van der Waals surface area contributed by atoms with E-state index in [9.17, 15) is 10.1 Å². The standard InChI is InChI=1S/C24H28N8OS2/c1-3-32(4-2)17-11-9-16(10-12-17)14-26-29-23-28-24(31-30-23)34-15-21(33)27-22-19(13-25)18-7-5-6-8-20(18)35-22/h9-12,14H,3-8,15H2,1-2H3,(H,27,33)(H2,28,29,30,31)/b26-14+. The van der Waals surface area contributed by atoms with Gasteiger partial charge in [-0.25, -0.2) is 10.5 Å². The number of hydrazone groups is 1. The molecule has 1 aliphatic rings. The smallest absolute Gasteiger partial charge is 0.240 e. The molecule has 0 bridgehead atoms. The maximum atomic E-state index is 12.5. The zero-order valence-electron chi connectivity index (χ0n) is 19.8. The number of nitrogens with zero attached hydrogens (tertiary/aromatic N) is 5. The van der Waals surface area contributed by atoms with Gasteiger partial charge in [-0.05, 0) is 62.8 Å². The maximum absolute atomic E-state index is 12.5. The minimum Gasteiger partial charge on any atom is -0.372 e. The lowest BCUT2D eigenvalue weighted by Gasteiger charge is -2.20. The molecule has 3 N–H and O–H groups in total. The zero-order valence-corrected chi connectivity index (χ0v) is 21.4. The fourth-order valence-electron chi connectivity index (χ4n) is 3.95. The van der Waals surface area contributed by atoms with E-state index in [1.165, 1.54) is 33.7 Å². The highest BCUT2D eigenvalue weighted by atomic mass is 32.2. The van der Waals surface area contributed by atoms with Crippen LogP contribution >= 0.6 is 23.1 Å². The lowest BCUT2D eigenvalue weighted by Crippen LogP contribution is -2.21. The Balaban J connectivity index is 1.26. The Morgan fingerprint density at radius 3 is 2.80 bits per heavy atom. The Bertz CT molecular complexity index is 1220. The van der Waals surface area contributed by atoms with Crippen molar-refractivity contribution in [2.45, 2.75) is 44.7 Å². The van der Waals surface area contributed by atoms with Gasteiger partial charge in [-0.3, -0.25) is 4.79 Å². The summed E-state index contributed by atoms with van der Waals surface area (Å²) in [6.07, 6.45) is 5.83. The topological polar surface area (TPSA) is 122 Å². The highest BCUT2D eigenvalue weighted by Crippen LogP contribution is 2.37. The number of thioether (sulfide) groups is 1. The largest absolute Gasteiger partial charge is 0.372 e. The van der Waals surface area contributed by atoms with Crippen LogP contribution in [0, 0.1) is 11.3 Å². The molecule has 1 aromatic carbocycles. The molecule has 1 aliphatic carbocycles. The predicted molar refractivity (Wildman–Crippen MR) is 143 cm³/mol. The molecule has 0 saturated heterocycles. The lowest BCUT2D eigenvalue weighted by atomic mass is 9.96. The molecular weight excluding hydrogens is 480 g/mol. The van der Waals surface area contributed by atoms with Gasteiger partial charge in [0.2, 0.25) is 17.0 Å². The van der Waals surface area contributed by atoms with Gasteiger partial charge in [-0.15, -0.1) is 16.4 Å². The lowest BCUT2D eigenvalue weighted by molar-refractivity contribution is -0.113. The van der Waals surface area contributed by atoms with E-state index < -0.39 is 0 Å². The molecule has 0 unspecified atom stereocenters. The second-order valence-electron chi connectivity index (χ2n) is 7.96. The van der Waals surface area contributed by atoms with Gasteiger partial charge in [-0.1, -0.05) is 23.9 Å². The summed E-state index contributed by atoms with van der Waals surface area (Å²) < 4.78 is 0. The summed E-state index contributed by atoms with van der Waals surface area (Å²) in [5.74, 6) is 0.351. The number of carbonyl (C=O) groups excluding carboxylic acids is 1. The third-order valence-corrected chi connectivity index (χ3v) is 7.79. The second kappa shape index (κ2) is 11.9. The molecular formula is C24H28N8OS2. The van der Waals surface area contributed by atoms with Crippen molar-refractivity contribution >= 4 is 51.9 Å². The number of aryl methyl sites for hydroxylation is 1. The molecule has 35 heavy (non-hydrogen) atoms. The number of rotatable bonds is 10. The summed E-state index contributed by atoms with van der Waals surface area (Å²) in [6, 6.07) is 10.4. The van der Waals surface area contributed by atoms with Crippen LogP contribution in [0.5, 0.6) is 0 Å². The first-order valence-electron chi connectivity index (χ1n) is 11.6. The number of amides is 1. The minimum atomic E-state index is -0.185. The van der Waals surface area contributed by atoms with Crippen LogP contribution in [0.2, 0.25) is 0 Å². The molecule has 0 aliphatic heterocycles. The van der Waals surface area contributed by atoms with Gasteiger partial charge in [-0.2, -0.15) is 15.3 Å². The number of hydrogen-bond acceptors (Lipinski definition) is 9. The number of H-pyrrole nitrogens is 1. The SMILES string of the molecule is CCN(CC)c1ccc(/C=N/Nc2nc(SCC(=O)Nc3sc4c(c3C#N)CCCC4)n[nH]2)cc1. The summed E-state index contributed by atoms with van der Waals surface area (Å²) in [7, 11) is 0. The molecule has 4 rings (SSSR count). The summed E-state index contributed by atoms with van der Waals surface area (Å²) >= 11 is 2.74. The Morgan fingerprint density at radius 1 is 1.29 bits per heavy atom. The van der Waals surface area contributed by atoms with Crippen LogP contribution in [-0.2, 0) is 17.6 Å². The second-order valence-corrected chi connectivity index (χ2v) is 10.0. The first-order chi connectivity index (χ1) is 17.1. The number of benzene rings is 1. The number of anilines is 3. The first kappa shape index (κ1) is 24.8. The summed E-state index contributed by atoms with van der Waals surface area (Å²) in [5, 5.41) is 24.6. The van der Waals surface area contributed by atoms with Crippen LogP contribution in [0.1, 0.15) is 48.3 Å². The van der Waals surface area contributed by atoms with Crippen LogP contribution in [0.15, 0.2) is 34.5 Å². The third-order valence-electron chi connectivity index (χ3n) is 5.74. The molecule has 182 valence electrons. The Labute approximate surface area is 213 Å². The zero-order chi connectivity index (χ0) is 24.6. The molecule has 2 heterocycles. The predicted octanol–water partition coefficient (Wildman–Crippen LogP) is 4.64. The van der Waals surface area contributed by atoms with Gasteiger partial charge in [0.25, 0.3) is 0 Å². The fraction of sp³-hybridized carbons (Fsp3) is 0.375. The van der Waals surface area contributed by atoms with E-state index in [0.29, 0.717) is 21.7 Å². The minimum absolute atomic E-state index is 0.146. The van der Waals surface area contributed by atoms with E-state index in [0.717, 1.165) is 49.9 Å². The fourth-order valence-corrected chi connectivity index (χ4v) is 5.81. The molecule has 0 fully saturated rings. The molecule has 0 spiro atoms. The van der Waals surface area contributed by atoms with Crippen LogP contribution in [0.25, 0.3) is 0 Å². The van der Waals surface area contributed by atoms with Gasteiger partial charge < -0.3 is 10.2 Å². The van der Waals surface area contributed by atoms with E-state index in [1.54, 1.807) is 6.21 Å². The van der Waals surface area contributed by atoms with Crippen molar-refractivity contribution in [3.05, 3.63) is 45.8 Å². The van der Waals surface area contributed by atoms with Crippen LogP contribution in [0.3, 0.4) is 0 Å². The van der Waals surface area contributed by atoms with E-state index in [-0.39, 0.29) is 11.7 Å². The van der Waals surface area contributed by atoms with Crippen molar-refractivity contribution in [2.75, 3.05) is 34.5 Å². The summed E-state index contributed by atoms with van der Waals surface area (Å²) in [6.45, 7) is 6.21. The number of hydrogen-bond donors (Lipinski definition) is 3. The molecule has 0 saturated carbocycles. The molecule has 0 atom stereocenters. The highest BCUT2D eigenvalue weighted by Gasteiger charge is 2.22. The van der Waals surface area contributed by atoms with E-state index in [4.69, 9.17) is 0 Å². The van der Waals surface area contributed by atoms with Crippen molar-refractivity contribution in [3.8, 4) is 6.07 Å². The highest BCUT2D eigenvalue weighted by molar-refractivity contribution is 7.99. The number of aromatic amines is 1. The average molecular weight is 509 g/mol. The van der Waals surface area contributed by atoms with Crippen molar-refractivity contribution in [3.63, 3.8) is 0 Å². The van der Waals surface area contributed by atoms with Crippen molar-refractivity contribution in [1.29, 1.82) is 5.26 Å². The Hall–Kier alpha value is -3.36. The number of nitrogens with one attached hydrogen (secondary N) is 3. The molecule has 11 heteroatoms. The van der Waals surface area contributed by atoms with Crippen LogP contribution in [-0.4, -0.2) is 46.1 Å². The van der Waals surface area contributed by atoms with Crippen molar-refractivity contribution in [2.24, 2.45) is 5.10 Å². The van der Waals surface area contributed by atoms with Gasteiger partial charge in [0.1, 0.15) is 11.1 Å². The number of carbonyl (C=O) groups is 1. The monoisotopic (exact) mass is 508 g/mol. The van der Waals surface area contributed by atoms with Gasteiger partial charge in [0.05, 0.1) is 17.5 Å². The first-order valence-corrected chi connectivity index (χ1v) is 13.4. The molecule has 0 radical (unpaired) electrons. The molecule has 2 aromatic heterocycles. The Kier molecular flexibility index (Phi) is 8.39. The van der Waals surface area contributed by atoms with Gasteiger partial charge in [0, 0.05) is 23.7 Å². The normalized spacial score (nSPS) is 12.8. The van der Waals surface area contributed by atoms with Crippen molar-refractivity contribution in [1.82, 2.24) is 15.2 Å². The van der Waals surface area contributed by atoms with Crippen LogP contribution in [0.4, 0.5) is 16.6 Å². The summed E-state index contributed by atoms with van der Waals surface area (Å²) in [5.41, 5.74) is 6.70. The van der Waals surface area contributed by atoms with E-state index in [1.807, 2.05) is 12.1 Å². The number of aromatic nitrogens is 3. The molecule has 3 aromatic rings. The Morgan fingerprint density at radius 2 is 2.06 bits per heavy atom. The number of thiophene rings is 1. The number of fused-ring (bicyclic) bond motifs is 1. The number of nitriles is 1. The molecule has 9 nitrogen and oxygen atoms in total. The summed E-state index contributed by atoms with van der Waals surface area (Å²) in [4.78, 5) is 20.3. The van der Waals surface area contributed by atoms with E-state index >= 15 is 0 Å². The van der Waals surface area contributed by atoms with E-state index in [2.05, 4.69) is 68.0 Å². The van der Waals surface area contributed by atoms with Gasteiger partial charge >= 0.3 is 0 Å². The quantitative estimate of drug-likeness (QED) is 0.207. The maximum Gasteiger partial charge on any atom is 0.240 e. The van der Waals surface area contributed by atoms with Gasteiger partial charge in [0.15, 0.2) is 0 Å². The molecule has 1 amide bonds. The average Bonchev–Trinajstić information content (AvgIpc) is 3.48. The van der Waals surface area contributed by atoms with Crippen LogP contribution < -0.4 is 15.6 Å². The van der Waals surface area contributed by atoms with Crippen molar-refractivity contribution < 1.29 is 4.79 Å².